The smallest absolute Gasteiger partial charge is 0.336 e. The summed E-state index contributed by atoms with van der Waals surface area (Å²) < 4.78 is 164. The number of benzene rings is 4. The monoisotopic (exact) mass is 1060 g/mol. The first-order valence-corrected chi connectivity index (χ1v) is 24.9. The van der Waals surface area contributed by atoms with Crippen LogP contribution in [-0.2, 0) is 37.5 Å². The molecule has 2 atom stereocenters. The number of alkyl halides is 12. The Morgan fingerprint density at radius 1 is 0.419 bits per heavy atom. The predicted octanol–water partition coefficient (Wildman–Crippen LogP) is 15.6. The summed E-state index contributed by atoms with van der Waals surface area (Å²) in [5.41, 5.74) is -7.10. The molecule has 6 N–H and O–H groups in total. The van der Waals surface area contributed by atoms with Crippen molar-refractivity contribution in [3.05, 3.63) is 130 Å². The van der Waals surface area contributed by atoms with Crippen LogP contribution in [0.2, 0.25) is 0 Å². The van der Waals surface area contributed by atoms with E-state index in [1.54, 1.807) is 60.7 Å². The van der Waals surface area contributed by atoms with Crippen LogP contribution in [0.3, 0.4) is 0 Å². The topological polar surface area (TPSA) is 119 Å². The quantitative estimate of drug-likeness (QED) is 0.0117. The van der Waals surface area contributed by atoms with Crippen LogP contribution in [-0.4, -0.2) is 36.9 Å². The van der Waals surface area contributed by atoms with Gasteiger partial charge in [-0.3, -0.25) is 4.99 Å². The minimum Gasteiger partial charge on any atom is -0.336 e. The number of amides is 4. The van der Waals surface area contributed by atoms with Crippen LogP contribution in [0.1, 0.15) is 143 Å². The summed E-state index contributed by atoms with van der Waals surface area (Å²) in [5.74, 6) is -0.0923. The Morgan fingerprint density at radius 2 is 0.716 bits per heavy atom. The second-order valence-electron chi connectivity index (χ2n) is 18.1. The number of aliphatic imine (C=N–C) groups is 1. The first kappa shape index (κ1) is 60.4. The molecule has 0 aliphatic rings. The fourth-order valence-electron chi connectivity index (χ4n) is 7.99. The molecule has 4 amide bonds. The highest BCUT2D eigenvalue weighted by Gasteiger charge is 2.38. The van der Waals surface area contributed by atoms with Crippen LogP contribution in [0.25, 0.3) is 0 Å². The second kappa shape index (κ2) is 29.7. The highest BCUT2D eigenvalue weighted by atomic mass is 19.4. The number of carbonyl (C=O) groups is 2. The number of halogens is 12. The highest BCUT2D eigenvalue weighted by Crippen LogP contribution is 2.39. The number of unbranched alkanes of at least 4 members (excludes halogenated alkanes) is 15. The maximum absolute atomic E-state index is 13.7. The van der Waals surface area contributed by atoms with Crippen LogP contribution in [0.5, 0.6) is 0 Å². The third-order valence-corrected chi connectivity index (χ3v) is 11.8. The molecular weight excluding hydrogens is 995 g/mol. The molecule has 0 saturated carbocycles. The molecule has 74 heavy (non-hydrogen) atoms. The molecule has 0 bridgehead atoms. The normalized spacial score (nSPS) is 12.9. The van der Waals surface area contributed by atoms with E-state index in [4.69, 9.17) is 0 Å². The molecule has 9 nitrogen and oxygen atoms in total. The fraction of sp³-hybridized carbons (Fsp3) is 0.491. The summed E-state index contributed by atoms with van der Waals surface area (Å²) >= 11 is 0. The van der Waals surface area contributed by atoms with Crippen molar-refractivity contribution in [1.82, 2.24) is 21.3 Å². The van der Waals surface area contributed by atoms with Crippen molar-refractivity contribution in [3.8, 4) is 0 Å². The van der Waals surface area contributed by atoms with Gasteiger partial charge in [-0.2, -0.15) is 52.7 Å². The van der Waals surface area contributed by atoms with Crippen molar-refractivity contribution < 1.29 is 62.3 Å². The molecule has 4 aromatic carbocycles. The summed E-state index contributed by atoms with van der Waals surface area (Å²) in [6, 6.07) is 15.6. The molecule has 0 aliphatic heterocycles. The molecule has 0 fully saturated rings. The Labute approximate surface area is 424 Å². The highest BCUT2D eigenvalue weighted by molar-refractivity contribution is 5.91. The van der Waals surface area contributed by atoms with E-state index in [1.807, 2.05) is 0 Å². The van der Waals surface area contributed by atoms with Crippen molar-refractivity contribution in [2.24, 2.45) is 4.99 Å². The van der Waals surface area contributed by atoms with Crippen LogP contribution in [0.4, 0.5) is 73.6 Å². The van der Waals surface area contributed by atoms with E-state index in [2.05, 4.69) is 43.8 Å². The molecule has 4 rings (SSSR count). The number of hydrogen-bond donors (Lipinski definition) is 6. The third kappa shape index (κ3) is 23.4. The van der Waals surface area contributed by atoms with E-state index in [0.717, 1.165) is 38.5 Å². The average molecular weight is 1060 g/mol. The SMILES string of the molecule is CCCCCCCCCCCCCCCCCCN=C(N[C@H](Cc1ccccc1)NC(=O)Nc1cc(C(F)(F)F)cc(C(F)(F)F)c1)N[C@H](Cc1ccccc1)NC(=O)Nc1cc(C(F)(F)F)cc(C(F)(F)F)c1. The van der Waals surface area contributed by atoms with E-state index in [1.165, 1.54) is 57.8 Å². The molecule has 0 unspecified atom stereocenters. The van der Waals surface area contributed by atoms with Gasteiger partial charge >= 0.3 is 36.8 Å². The lowest BCUT2D eigenvalue weighted by atomic mass is 10.0. The summed E-state index contributed by atoms with van der Waals surface area (Å²) in [7, 11) is 0. The summed E-state index contributed by atoms with van der Waals surface area (Å²) in [6.07, 6.45) is -5.42. The Bertz CT molecular complexity index is 2120. The zero-order valence-electron chi connectivity index (χ0n) is 41.1. The Balaban J connectivity index is 1.56. The van der Waals surface area contributed by atoms with Crippen molar-refractivity contribution in [3.63, 3.8) is 0 Å². The number of rotatable bonds is 27. The molecule has 4 aromatic rings. The fourth-order valence-corrected chi connectivity index (χ4v) is 7.99. The Morgan fingerprint density at radius 3 is 1.01 bits per heavy atom. The zero-order chi connectivity index (χ0) is 54.2. The van der Waals surface area contributed by atoms with Crippen LogP contribution in [0.15, 0.2) is 102 Å². The van der Waals surface area contributed by atoms with Gasteiger partial charge in [0.25, 0.3) is 0 Å². The van der Waals surface area contributed by atoms with Gasteiger partial charge in [0.15, 0.2) is 5.96 Å². The largest absolute Gasteiger partial charge is 0.416 e. The first-order chi connectivity index (χ1) is 35.0. The molecule has 0 saturated heterocycles. The van der Waals surface area contributed by atoms with Crippen molar-refractivity contribution in [2.75, 3.05) is 17.2 Å². The zero-order valence-corrected chi connectivity index (χ0v) is 41.1. The van der Waals surface area contributed by atoms with Gasteiger partial charge in [0, 0.05) is 30.8 Å². The number of anilines is 2. The van der Waals surface area contributed by atoms with Crippen LogP contribution >= 0.6 is 0 Å². The van der Waals surface area contributed by atoms with Gasteiger partial charge in [0.1, 0.15) is 12.3 Å². The van der Waals surface area contributed by atoms with Crippen molar-refractivity contribution in [2.45, 2.75) is 160 Å². The average Bonchev–Trinajstić information content (AvgIpc) is 3.31. The maximum atomic E-state index is 13.7. The van der Waals surface area contributed by atoms with E-state index in [0.29, 0.717) is 41.8 Å². The lowest BCUT2D eigenvalue weighted by Crippen LogP contribution is -2.59. The molecule has 0 aliphatic carbocycles. The van der Waals surface area contributed by atoms with Crippen LogP contribution in [0, 0.1) is 0 Å². The number of nitrogens with zero attached hydrogens (tertiary/aromatic N) is 1. The van der Waals surface area contributed by atoms with E-state index in [9.17, 15) is 62.3 Å². The van der Waals surface area contributed by atoms with Crippen molar-refractivity contribution >= 4 is 29.4 Å². The standard InChI is InChI=1S/C53H65F12N7O2/c1-2-3-4-5-6-7-8-9-10-11-12-13-14-15-16-23-28-66-47(69-45(29-37-24-19-17-20-25-37)71-48(73)67-43-33-39(50(54,55)56)31-40(34-43)51(57,58)59)70-46(30-38-26-21-18-22-27-38)72-49(74)68-44-35-41(52(60,61)62)32-42(36-44)53(63,64)65/h17-22,24-27,31-36,45-46H,2-16,23,28-30H2,1H3,(H2,66,69,70)(H2,67,71,73)(H2,68,72,74)/t45-,46-/m0/s1. The molecule has 21 heteroatoms. The van der Waals surface area contributed by atoms with Gasteiger partial charge in [-0.15, -0.1) is 0 Å². The minimum atomic E-state index is -5.20. The van der Waals surface area contributed by atoms with Gasteiger partial charge in [-0.1, -0.05) is 164 Å². The summed E-state index contributed by atoms with van der Waals surface area (Å²) in [6.45, 7) is 2.37. The molecule has 408 valence electrons. The lowest BCUT2D eigenvalue weighted by molar-refractivity contribution is -0.144. The van der Waals surface area contributed by atoms with E-state index < -0.39 is 82.7 Å². The number of nitrogens with one attached hydrogen (secondary N) is 6. The summed E-state index contributed by atoms with van der Waals surface area (Å²) in [5, 5.41) is 15.2. The summed E-state index contributed by atoms with van der Waals surface area (Å²) in [4.78, 5) is 31.7. The second-order valence-corrected chi connectivity index (χ2v) is 18.1. The van der Waals surface area contributed by atoms with Gasteiger partial charge in [0.2, 0.25) is 0 Å². The molecule has 0 radical (unpaired) electrons. The predicted molar refractivity (Wildman–Crippen MR) is 263 cm³/mol. The van der Waals surface area contributed by atoms with Crippen molar-refractivity contribution in [1.29, 1.82) is 0 Å². The van der Waals surface area contributed by atoms with Gasteiger partial charge in [-0.05, 0) is 53.9 Å². The van der Waals surface area contributed by atoms with E-state index in [-0.39, 0.29) is 37.5 Å². The van der Waals surface area contributed by atoms with Gasteiger partial charge in [0.05, 0.1) is 22.3 Å². The van der Waals surface area contributed by atoms with E-state index >= 15 is 0 Å². The number of carbonyl (C=O) groups excluding carboxylic acids is 2. The molecule has 0 aromatic heterocycles. The lowest BCUT2D eigenvalue weighted by Gasteiger charge is -2.27. The minimum absolute atomic E-state index is 0.0568. The maximum Gasteiger partial charge on any atom is 0.416 e. The Hall–Kier alpha value is -6.15. The Kier molecular flexibility index (Phi) is 24.2. The van der Waals surface area contributed by atoms with Crippen LogP contribution < -0.4 is 31.9 Å². The molecule has 0 spiro atoms. The van der Waals surface area contributed by atoms with Gasteiger partial charge in [-0.25, -0.2) is 9.59 Å². The first-order valence-electron chi connectivity index (χ1n) is 24.9. The number of urea groups is 2. The number of guanidine groups is 1. The number of hydrogen-bond acceptors (Lipinski definition) is 3. The molecular formula is C53H65F12N7O2. The molecule has 0 heterocycles. The third-order valence-electron chi connectivity index (χ3n) is 11.8. The van der Waals surface area contributed by atoms with Gasteiger partial charge < -0.3 is 31.9 Å².